The summed E-state index contributed by atoms with van der Waals surface area (Å²) >= 11 is 12.0. The minimum atomic E-state index is -3.96. The van der Waals surface area contributed by atoms with Crippen LogP contribution in [0.2, 0.25) is 10.0 Å². The normalized spacial score (nSPS) is 12.9. The van der Waals surface area contributed by atoms with Gasteiger partial charge < -0.3 is 9.26 Å². The van der Waals surface area contributed by atoms with Crippen molar-refractivity contribution in [3.63, 3.8) is 0 Å². The maximum atomic E-state index is 13.5. The van der Waals surface area contributed by atoms with E-state index in [9.17, 15) is 8.42 Å². The van der Waals surface area contributed by atoms with E-state index in [1.54, 1.807) is 30.3 Å². The van der Waals surface area contributed by atoms with Gasteiger partial charge in [-0.3, -0.25) is 0 Å². The molecule has 1 aromatic heterocycles. The zero-order valence-electron chi connectivity index (χ0n) is 16.7. The number of benzene rings is 2. The number of methoxy groups -OCH3 is 1. The lowest BCUT2D eigenvalue weighted by Gasteiger charge is -2.27. The molecule has 3 rings (SSSR count). The van der Waals surface area contributed by atoms with Gasteiger partial charge >= 0.3 is 0 Å². The topological polar surface area (TPSA) is 85.5 Å². The second kappa shape index (κ2) is 9.34. The summed E-state index contributed by atoms with van der Waals surface area (Å²) in [6.07, 6.45) is 0.584. The molecule has 0 aliphatic heterocycles. The third kappa shape index (κ3) is 4.78. The molecule has 0 aliphatic carbocycles. The zero-order valence-corrected chi connectivity index (χ0v) is 19.0. The van der Waals surface area contributed by atoms with Gasteiger partial charge in [0.2, 0.25) is 21.7 Å². The number of aromatic nitrogens is 2. The molecule has 0 aliphatic rings. The van der Waals surface area contributed by atoms with Crippen molar-refractivity contribution in [1.29, 1.82) is 0 Å². The highest BCUT2D eigenvalue weighted by atomic mass is 35.5. The number of hydrogen-bond donors (Lipinski definition) is 0. The number of rotatable bonds is 8. The third-order valence-corrected chi connectivity index (χ3v) is 7.12. The number of nitrogens with zero attached hydrogens (tertiary/aromatic N) is 3. The zero-order chi connectivity index (χ0) is 21.9. The lowest BCUT2D eigenvalue weighted by Crippen LogP contribution is -2.38. The van der Waals surface area contributed by atoms with E-state index in [0.717, 1.165) is 0 Å². The molecule has 10 heteroatoms. The number of ether oxygens (including phenoxy) is 1. The second-order valence-corrected chi connectivity index (χ2v) is 9.35. The fourth-order valence-corrected chi connectivity index (χ4v) is 5.03. The number of sulfonamides is 1. The van der Waals surface area contributed by atoms with Crippen molar-refractivity contribution in [1.82, 2.24) is 14.4 Å². The molecule has 0 fully saturated rings. The van der Waals surface area contributed by atoms with Crippen LogP contribution in [0.1, 0.15) is 26.2 Å². The van der Waals surface area contributed by atoms with Gasteiger partial charge in [-0.15, -0.1) is 0 Å². The average molecular weight is 470 g/mol. The summed E-state index contributed by atoms with van der Waals surface area (Å²) in [5.41, 5.74) is 0.712. The largest absolute Gasteiger partial charge is 0.495 e. The maximum absolute atomic E-state index is 13.5. The molecular weight excluding hydrogens is 449 g/mol. The number of halogens is 2. The molecular formula is C20H21Cl2N3O4S. The first kappa shape index (κ1) is 22.6. The van der Waals surface area contributed by atoms with Crippen LogP contribution < -0.4 is 4.74 Å². The summed E-state index contributed by atoms with van der Waals surface area (Å²) in [6, 6.07) is 11.1. The van der Waals surface area contributed by atoms with Crippen molar-refractivity contribution < 1.29 is 17.7 Å². The Balaban J connectivity index is 1.96. The standard InChI is InChI=1S/C20H21Cl2N3O4S/c1-4-13(2)25(30(26,27)18-11-16(22)9-10-17(18)28-3)12-19-23-20(24-29-19)14-5-7-15(21)8-6-14/h5-11,13H,4,12H2,1-3H3/t13-/m1/s1. The Kier molecular flexibility index (Phi) is 7.02. The number of hydrogen-bond acceptors (Lipinski definition) is 6. The first-order valence-corrected chi connectivity index (χ1v) is 11.4. The Morgan fingerprint density at radius 2 is 1.80 bits per heavy atom. The van der Waals surface area contributed by atoms with E-state index >= 15 is 0 Å². The van der Waals surface area contributed by atoms with Gasteiger partial charge in [-0.1, -0.05) is 35.3 Å². The van der Waals surface area contributed by atoms with Gasteiger partial charge in [-0.2, -0.15) is 9.29 Å². The quantitative estimate of drug-likeness (QED) is 0.459. The van der Waals surface area contributed by atoms with Crippen LogP contribution in [0.5, 0.6) is 5.75 Å². The van der Waals surface area contributed by atoms with Crippen LogP contribution >= 0.6 is 23.2 Å². The van der Waals surface area contributed by atoms with Crippen molar-refractivity contribution >= 4 is 33.2 Å². The minimum Gasteiger partial charge on any atom is -0.495 e. The fourth-order valence-electron chi connectivity index (χ4n) is 2.83. The molecule has 0 saturated heterocycles. The summed E-state index contributed by atoms with van der Waals surface area (Å²) in [5.74, 6) is 0.730. The fraction of sp³-hybridized carbons (Fsp3) is 0.300. The Hall–Kier alpha value is -2.13. The Morgan fingerprint density at radius 3 is 2.43 bits per heavy atom. The maximum Gasteiger partial charge on any atom is 0.247 e. The molecule has 7 nitrogen and oxygen atoms in total. The first-order valence-electron chi connectivity index (χ1n) is 9.20. The van der Waals surface area contributed by atoms with Gasteiger partial charge in [0.05, 0.1) is 13.7 Å². The molecule has 1 atom stereocenters. The first-order chi connectivity index (χ1) is 14.3. The molecule has 1 heterocycles. The molecule has 0 N–H and O–H groups in total. The third-order valence-electron chi connectivity index (χ3n) is 4.66. The van der Waals surface area contributed by atoms with Crippen LogP contribution in [0.3, 0.4) is 0 Å². The predicted molar refractivity (Wildman–Crippen MR) is 115 cm³/mol. The van der Waals surface area contributed by atoms with Crippen LogP contribution in [0.4, 0.5) is 0 Å². The molecule has 0 radical (unpaired) electrons. The highest BCUT2D eigenvalue weighted by Crippen LogP contribution is 2.32. The van der Waals surface area contributed by atoms with Gasteiger partial charge in [0.1, 0.15) is 10.6 Å². The van der Waals surface area contributed by atoms with Gasteiger partial charge in [-0.25, -0.2) is 8.42 Å². The van der Waals surface area contributed by atoms with E-state index in [4.69, 9.17) is 32.5 Å². The van der Waals surface area contributed by atoms with E-state index in [-0.39, 0.29) is 29.1 Å². The molecule has 0 amide bonds. The van der Waals surface area contributed by atoms with Crippen LogP contribution in [-0.4, -0.2) is 36.0 Å². The van der Waals surface area contributed by atoms with Crippen LogP contribution in [0.25, 0.3) is 11.4 Å². The van der Waals surface area contributed by atoms with E-state index < -0.39 is 10.0 Å². The minimum absolute atomic E-state index is 0.0183. The molecule has 3 aromatic rings. The smallest absolute Gasteiger partial charge is 0.247 e. The Morgan fingerprint density at radius 1 is 1.13 bits per heavy atom. The van der Waals surface area contributed by atoms with Gasteiger partial charge in [0.15, 0.2) is 0 Å². The summed E-state index contributed by atoms with van der Waals surface area (Å²) in [4.78, 5) is 4.33. The predicted octanol–water partition coefficient (Wildman–Crippen LogP) is 5.04. The Labute approximate surface area is 185 Å². The van der Waals surface area contributed by atoms with Gasteiger partial charge in [0, 0.05) is 21.7 Å². The summed E-state index contributed by atoms with van der Waals surface area (Å²) < 4.78 is 38.8. The van der Waals surface area contributed by atoms with Crippen LogP contribution in [0, 0.1) is 0 Å². The SMILES string of the molecule is CC[C@@H](C)N(Cc1nc(-c2ccc(Cl)cc2)no1)S(=O)(=O)c1cc(Cl)ccc1OC. The molecule has 0 bridgehead atoms. The highest BCUT2D eigenvalue weighted by Gasteiger charge is 2.33. The average Bonchev–Trinajstić information content (AvgIpc) is 3.20. The monoisotopic (exact) mass is 469 g/mol. The van der Waals surface area contributed by atoms with Gasteiger partial charge in [0.25, 0.3) is 0 Å². The molecule has 30 heavy (non-hydrogen) atoms. The molecule has 2 aromatic carbocycles. The summed E-state index contributed by atoms with van der Waals surface area (Å²) in [7, 11) is -2.55. The van der Waals surface area contributed by atoms with Crippen molar-refractivity contribution in [2.75, 3.05) is 7.11 Å². The lowest BCUT2D eigenvalue weighted by molar-refractivity contribution is 0.271. The van der Waals surface area contributed by atoms with Crippen molar-refractivity contribution in [3.8, 4) is 17.1 Å². The van der Waals surface area contributed by atoms with Crippen molar-refractivity contribution in [2.45, 2.75) is 37.8 Å². The lowest BCUT2D eigenvalue weighted by atomic mass is 10.2. The molecule has 0 unspecified atom stereocenters. The summed E-state index contributed by atoms with van der Waals surface area (Å²) in [6.45, 7) is 3.62. The van der Waals surface area contributed by atoms with Crippen LogP contribution in [-0.2, 0) is 16.6 Å². The Bertz CT molecular complexity index is 1120. The van der Waals surface area contributed by atoms with E-state index in [2.05, 4.69) is 10.1 Å². The van der Waals surface area contributed by atoms with E-state index in [0.29, 0.717) is 27.9 Å². The highest BCUT2D eigenvalue weighted by molar-refractivity contribution is 7.89. The van der Waals surface area contributed by atoms with Crippen molar-refractivity contribution in [2.24, 2.45) is 0 Å². The molecule has 160 valence electrons. The van der Waals surface area contributed by atoms with E-state index in [1.807, 2.05) is 13.8 Å². The second-order valence-electron chi connectivity index (χ2n) is 6.62. The van der Waals surface area contributed by atoms with Crippen LogP contribution in [0.15, 0.2) is 51.9 Å². The van der Waals surface area contributed by atoms with Crippen molar-refractivity contribution in [3.05, 3.63) is 58.4 Å². The van der Waals surface area contributed by atoms with E-state index in [1.165, 1.54) is 23.5 Å². The summed E-state index contributed by atoms with van der Waals surface area (Å²) in [5, 5.41) is 4.84. The molecule has 0 spiro atoms. The van der Waals surface area contributed by atoms with Gasteiger partial charge in [-0.05, 0) is 55.8 Å². The molecule has 0 saturated carbocycles.